The van der Waals surface area contributed by atoms with Crippen LogP contribution in [0.5, 0.6) is 0 Å². The second-order valence-corrected chi connectivity index (χ2v) is 5.80. The molecule has 0 aliphatic carbocycles. The topological polar surface area (TPSA) is 108 Å². The van der Waals surface area contributed by atoms with Crippen molar-refractivity contribution < 1.29 is 24.2 Å². The predicted molar refractivity (Wildman–Crippen MR) is 67.7 cm³/mol. The van der Waals surface area contributed by atoms with E-state index in [2.05, 4.69) is 0 Å². The maximum atomic E-state index is 12.0. The minimum atomic E-state index is -1.84. The van der Waals surface area contributed by atoms with E-state index in [9.17, 15) is 19.5 Å². The zero-order chi connectivity index (χ0) is 15.6. The summed E-state index contributed by atoms with van der Waals surface area (Å²) in [5, 5.41) is 18.0. The second kappa shape index (κ2) is 5.49. The highest BCUT2D eigenvalue weighted by Crippen LogP contribution is 2.31. The molecular weight excluding hydrogens is 264 g/mol. The molecule has 0 aromatic carbocycles. The Hall–Kier alpha value is -2.10. The van der Waals surface area contributed by atoms with Crippen LogP contribution >= 0.6 is 0 Å². The van der Waals surface area contributed by atoms with E-state index in [1.165, 1.54) is 4.90 Å². The van der Waals surface area contributed by atoms with Crippen LogP contribution in [0.4, 0.5) is 4.79 Å². The number of carboxylic acid groups (broad SMARTS) is 1. The number of carbonyl (C=O) groups is 3. The van der Waals surface area contributed by atoms with Gasteiger partial charge in [-0.15, -0.1) is 0 Å². The maximum Gasteiger partial charge on any atom is 0.410 e. The van der Waals surface area contributed by atoms with Crippen LogP contribution < -0.4 is 0 Å². The Morgan fingerprint density at radius 3 is 2.55 bits per heavy atom. The van der Waals surface area contributed by atoms with Gasteiger partial charge in [0.2, 0.25) is 0 Å². The number of hydrogen-bond acceptors (Lipinski definition) is 5. The van der Waals surface area contributed by atoms with Gasteiger partial charge in [-0.05, 0) is 20.8 Å². The third kappa shape index (κ3) is 3.26. The highest BCUT2D eigenvalue weighted by atomic mass is 16.6. The molecule has 1 fully saturated rings. The molecule has 1 N–H and O–H groups in total. The van der Waals surface area contributed by atoms with Gasteiger partial charge >= 0.3 is 12.1 Å². The number of likely N-dealkylation sites (tertiary alicyclic amines) is 1. The number of nitrogens with zero attached hydrogens (tertiary/aromatic N) is 2. The molecule has 1 saturated heterocycles. The van der Waals surface area contributed by atoms with Gasteiger partial charge < -0.3 is 14.7 Å². The lowest BCUT2D eigenvalue weighted by Gasteiger charge is -2.37. The van der Waals surface area contributed by atoms with Gasteiger partial charge in [-0.2, -0.15) is 5.26 Å². The first-order chi connectivity index (χ1) is 9.12. The number of aliphatic carboxylic acids is 1. The Morgan fingerprint density at radius 1 is 1.50 bits per heavy atom. The van der Waals surface area contributed by atoms with Crippen molar-refractivity contribution in [3.63, 3.8) is 0 Å². The number of nitriles is 1. The summed E-state index contributed by atoms with van der Waals surface area (Å²) in [6.45, 7) is 4.86. The van der Waals surface area contributed by atoms with Crippen LogP contribution in [0.3, 0.4) is 0 Å². The van der Waals surface area contributed by atoms with Crippen LogP contribution in [-0.4, -0.2) is 46.5 Å². The average molecular weight is 282 g/mol. The molecule has 7 nitrogen and oxygen atoms in total. The van der Waals surface area contributed by atoms with E-state index >= 15 is 0 Å². The lowest BCUT2D eigenvalue weighted by Crippen LogP contribution is -2.55. The standard InChI is InChI=1S/C13H18N2O5/c1-12(2,3)20-11(19)15-7-4-9(16)13(8-15,5-6-14)10(17)18/h4-5,7-8H2,1-3H3,(H,17,18). The Bertz CT molecular complexity index is 474. The molecule has 1 amide bonds. The first kappa shape index (κ1) is 16.0. The molecule has 1 unspecified atom stereocenters. The van der Waals surface area contributed by atoms with E-state index in [1.54, 1.807) is 26.8 Å². The molecule has 0 radical (unpaired) electrons. The van der Waals surface area contributed by atoms with Gasteiger partial charge in [-0.25, -0.2) is 4.79 Å². The number of carboxylic acids is 1. The van der Waals surface area contributed by atoms with Gasteiger partial charge in [0.25, 0.3) is 0 Å². The highest BCUT2D eigenvalue weighted by Gasteiger charge is 2.50. The quantitative estimate of drug-likeness (QED) is 0.762. The van der Waals surface area contributed by atoms with Crippen molar-refractivity contribution >= 4 is 17.8 Å². The van der Waals surface area contributed by atoms with Crippen LogP contribution in [0.1, 0.15) is 33.6 Å². The van der Waals surface area contributed by atoms with E-state index in [1.807, 2.05) is 0 Å². The van der Waals surface area contributed by atoms with E-state index in [4.69, 9.17) is 10.00 Å². The van der Waals surface area contributed by atoms with E-state index in [0.717, 1.165) is 0 Å². The molecule has 0 spiro atoms. The number of rotatable bonds is 2. The third-order valence-electron chi connectivity index (χ3n) is 3.05. The summed E-state index contributed by atoms with van der Waals surface area (Å²) < 4.78 is 5.16. The fourth-order valence-corrected chi connectivity index (χ4v) is 2.00. The fourth-order valence-electron chi connectivity index (χ4n) is 2.00. The Labute approximate surface area is 117 Å². The Balaban J connectivity index is 2.95. The van der Waals surface area contributed by atoms with Crippen molar-refractivity contribution in [1.29, 1.82) is 5.26 Å². The smallest absolute Gasteiger partial charge is 0.410 e. The Morgan fingerprint density at radius 2 is 2.10 bits per heavy atom. The van der Waals surface area contributed by atoms with Gasteiger partial charge in [-0.1, -0.05) is 0 Å². The number of ether oxygens (including phenoxy) is 1. The molecule has 0 bridgehead atoms. The average Bonchev–Trinajstić information content (AvgIpc) is 2.29. The van der Waals surface area contributed by atoms with Gasteiger partial charge in [0.1, 0.15) is 5.60 Å². The van der Waals surface area contributed by atoms with Gasteiger partial charge in [0.15, 0.2) is 11.2 Å². The Kier molecular flexibility index (Phi) is 4.38. The molecule has 20 heavy (non-hydrogen) atoms. The summed E-state index contributed by atoms with van der Waals surface area (Å²) in [7, 11) is 0. The molecule has 1 atom stereocenters. The van der Waals surface area contributed by atoms with Crippen molar-refractivity contribution in [2.45, 2.75) is 39.2 Å². The lowest BCUT2D eigenvalue weighted by molar-refractivity contribution is -0.158. The maximum absolute atomic E-state index is 12.0. The molecule has 1 rings (SSSR count). The molecule has 1 aliphatic rings. The number of carbonyl (C=O) groups excluding carboxylic acids is 2. The predicted octanol–water partition coefficient (Wildman–Crippen LogP) is 1.18. The van der Waals surface area contributed by atoms with Crippen LogP contribution in [0.25, 0.3) is 0 Å². The normalized spacial score (nSPS) is 23.1. The first-order valence-corrected chi connectivity index (χ1v) is 6.24. The van der Waals surface area contributed by atoms with Crippen LogP contribution in [0.15, 0.2) is 0 Å². The van der Waals surface area contributed by atoms with Crippen molar-refractivity contribution in [2.24, 2.45) is 5.41 Å². The molecule has 1 heterocycles. The van der Waals surface area contributed by atoms with E-state index in [0.29, 0.717) is 0 Å². The monoisotopic (exact) mass is 282 g/mol. The molecule has 0 saturated carbocycles. The number of ketones is 1. The van der Waals surface area contributed by atoms with Gasteiger partial charge in [0, 0.05) is 19.5 Å². The van der Waals surface area contributed by atoms with Crippen molar-refractivity contribution in [1.82, 2.24) is 4.90 Å². The van der Waals surface area contributed by atoms with E-state index < -0.39 is 35.3 Å². The molecule has 110 valence electrons. The highest BCUT2D eigenvalue weighted by molar-refractivity contribution is 6.04. The third-order valence-corrected chi connectivity index (χ3v) is 3.05. The minimum Gasteiger partial charge on any atom is -0.480 e. The number of amides is 1. The van der Waals surface area contributed by atoms with Crippen LogP contribution in [0.2, 0.25) is 0 Å². The number of hydrogen-bond donors (Lipinski definition) is 1. The SMILES string of the molecule is CC(C)(C)OC(=O)N1CCC(=O)C(CC#N)(C(=O)O)C1. The summed E-state index contributed by atoms with van der Waals surface area (Å²) in [4.78, 5) is 36.4. The van der Waals surface area contributed by atoms with Gasteiger partial charge in [0.05, 0.1) is 12.5 Å². The van der Waals surface area contributed by atoms with Crippen molar-refractivity contribution in [3.8, 4) is 6.07 Å². The number of piperidine rings is 1. The minimum absolute atomic E-state index is 0.0901. The molecule has 7 heteroatoms. The summed E-state index contributed by atoms with van der Waals surface area (Å²) >= 11 is 0. The summed E-state index contributed by atoms with van der Waals surface area (Å²) in [5.74, 6) is -1.90. The second-order valence-electron chi connectivity index (χ2n) is 5.80. The molecule has 0 aromatic heterocycles. The van der Waals surface area contributed by atoms with Crippen LogP contribution in [0, 0.1) is 16.7 Å². The zero-order valence-electron chi connectivity index (χ0n) is 11.8. The molecule has 1 aliphatic heterocycles. The van der Waals surface area contributed by atoms with Crippen molar-refractivity contribution in [3.05, 3.63) is 0 Å². The molecule has 0 aromatic rings. The van der Waals surface area contributed by atoms with Gasteiger partial charge in [-0.3, -0.25) is 9.59 Å². The fraction of sp³-hybridized carbons (Fsp3) is 0.692. The first-order valence-electron chi connectivity index (χ1n) is 6.24. The lowest BCUT2D eigenvalue weighted by atomic mass is 9.76. The largest absolute Gasteiger partial charge is 0.480 e. The zero-order valence-corrected chi connectivity index (χ0v) is 11.8. The van der Waals surface area contributed by atoms with E-state index in [-0.39, 0.29) is 19.5 Å². The van der Waals surface area contributed by atoms with Crippen molar-refractivity contribution in [2.75, 3.05) is 13.1 Å². The summed E-state index contributed by atoms with van der Waals surface area (Å²) in [5.41, 5.74) is -2.55. The van der Waals surface area contributed by atoms with Crippen LogP contribution in [-0.2, 0) is 14.3 Å². The molecular formula is C13H18N2O5. The number of Topliss-reactive ketones (excluding diaryl/α,β-unsaturated/α-hetero) is 1. The summed E-state index contributed by atoms with van der Waals surface area (Å²) in [6, 6.07) is 1.72. The summed E-state index contributed by atoms with van der Waals surface area (Å²) in [6.07, 6.45) is -1.22.